The number of halogens is 3. The molecule has 6 unspecified atom stereocenters. The molecule has 1 heterocycles. The van der Waals surface area contributed by atoms with E-state index in [1.807, 2.05) is 0 Å². The summed E-state index contributed by atoms with van der Waals surface area (Å²) < 4.78 is 44.3. The summed E-state index contributed by atoms with van der Waals surface area (Å²) in [6.45, 7) is 3.20. The molecule has 0 spiro atoms. The highest BCUT2D eigenvalue weighted by molar-refractivity contribution is 5.81. The Balaban J connectivity index is 2.11. The highest BCUT2D eigenvalue weighted by Gasteiger charge is 2.77. The zero-order chi connectivity index (χ0) is 11.9. The van der Waals surface area contributed by atoms with Gasteiger partial charge in [-0.25, -0.2) is 0 Å². The average Bonchev–Trinajstić information content (AvgIpc) is 2.65. The fourth-order valence-corrected chi connectivity index (χ4v) is 4.25. The summed E-state index contributed by atoms with van der Waals surface area (Å²) in [6, 6.07) is 0. The monoisotopic (exact) mass is 234 g/mol. The van der Waals surface area contributed by atoms with E-state index >= 15 is 0 Å². The van der Waals surface area contributed by atoms with Crippen molar-refractivity contribution in [3.05, 3.63) is 0 Å². The van der Waals surface area contributed by atoms with Gasteiger partial charge < -0.3 is 4.74 Å². The van der Waals surface area contributed by atoms with Crippen molar-refractivity contribution in [3.63, 3.8) is 0 Å². The molecule has 5 heteroatoms. The van der Waals surface area contributed by atoms with Crippen LogP contribution in [0.15, 0.2) is 0 Å². The molecule has 1 saturated heterocycles. The summed E-state index contributed by atoms with van der Waals surface area (Å²) in [5.41, 5.74) is -1.32. The van der Waals surface area contributed by atoms with Crippen molar-refractivity contribution in [2.24, 2.45) is 29.1 Å². The molecule has 3 rings (SSSR count). The lowest BCUT2D eigenvalue weighted by Crippen LogP contribution is -2.47. The van der Waals surface area contributed by atoms with Gasteiger partial charge in [-0.1, -0.05) is 6.92 Å². The van der Waals surface area contributed by atoms with E-state index in [4.69, 9.17) is 4.74 Å². The lowest BCUT2D eigenvalue weighted by atomic mass is 9.65. The Labute approximate surface area is 91.1 Å². The minimum atomic E-state index is -4.29. The minimum absolute atomic E-state index is 0.156. The quantitative estimate of drug-likeness (QED) is 0.601. The second-order valence-electron chi connectivity index (χ2n) is 5.54. The third-order valence-corrected chi connectivity index (χ3v) is 5.00. The first-order chi connectivity index (χ1) is 7.28. The molecule has 90 valence electrons. The molecule has 0 radical (unpaired) electrons. The third kappa shape index (κ3) is 0.892. The Morgan fingerprint density at radius 2 is 2.06 bits per heavy atom. The topological polar surface area (TPSA) is 26.3 Å². The SMILES string of the molecule is CC1C2CC3C1OC(=O)C3(C)C2C(F)(F)F. The zero-order valence-corrected chi connectivity index (χ0v) is 9.04. The van der Waals surface area contributed by atoms with E-state index < -0.39 is 29.4 Å². The Bertz CT molecular complexity index is 365. The summed E-state index contributed by atoms with van der Waals surface area (Å²) in [6.07, 6.45) is -4.09. The van der Waals surface area contributed by atoms with Gasteiger partial charge in [0.15, 0.2) is 0 Å². The number of rotatable bonds is 0. The van der Waals surface area contributed by atoms with Gasteiger partial charge in [0.25, 0.3) is 0 Å². The Hall–Kier alpha value is -0.740. The van der Waals surface area contributed by atoms with E-state index in [1.54, 1.807) is 6.92 Å². The second-order valence-corrected chi connectivity index (χ2v) is 5.54. The Kier molecular flexibility index (Phi) is 1.67. The molecule has 2 bridgehead atoms. The lowest BCUT2D eigenvalue weighted by molar-refractivity contribution is -0.218. The summed E-state index contributed by atoms with van der Waals surface area (Å²) in [5, 5.41) is 0. The number of hydrogen-bond acceptors (Lipinski definition) is 2. The molecule has 1 aliphatic heterocycles. The number of carbonyl (C=O) groups is 1. The van der Waals surface area contributed by atoms with Crippen LogP contribution in [0.5, 0.6) is 0 Å². The number of alkyl halides is 3. The van der Waals surface area contributed by atoms with E-state index in [2.05, 4.69) is 0 Å². The van der Waals surface area contributed by atoms with Crippen molar-refractivity contribution in [1.82, 2.24) is 0 Å². The van der Waals surface area contributed by atoms with Crippen LogP contribution in [0.25, 0.3) is 0 Å². The summed E-state index contributed by atoms with van der Waals surface area (Å²) in [7, 11) is 0. The standard InChI is InChI=1S/C11H13F3O2/c1-4-5-3-6-7(4)16-9(15)10(6,2)8(5)11(12,13)14/h4-8H,3H2,1-2H3. The van der Waals surface area contributed by atoms with Gasteiger partial charge >= 0.3 is 12.1 Å². The molecule has 0 aromatic rings. The molecule has 2 nitrogen and oxygen atoms in total. The van der Waals surface area contributed by atoms with Crippen molar-refractivity contribution in [1.29, 1.82) is 0 Å². The van der Waals surface area contributed by atoms with Gasteiger partial charge in [-0.3, -0.25) is 4.79 Å². The smallest absolute Gasteiger partial charge is 0.393 e. The lowest BCUT2D eigenvalue weighted by Gasteiger charge is -2.37. The van der Waals surface area contributed by atoms with Crippen molar-refractivity contribution < 1.29 is 22.7 Å². The van der Waals surface area contributed by atoms with Gasteiger partial charge in [0.1, 0.15) is 6.10 Å². The number of fused-ring (bicyclic) bond motifs is 1. The maximum Gasteiger partial charge on any atom is 0.393 e. The fourth-order valence-electron chi connectivity index (χ4n) is 4.25. The maximum atomic E-state index is 13.1. The molecule has 3 fully saturated rings. The van der Waals surface area contributed by atoms with E-state index in [9.17, 15) is 18.0 Å². The first kappa shape index (κ1) is 10.4. The van der Waals surface area contributed by atoms with E-state index in [0.29, 0.717) is 6.42 Å². The Morgan fingerprint density at radius 1 is 1.44 bits per heavy atom. The van der Waals surface area contributed by atoms with Gasteiger partial charge in [0, 0.05) is 5.92 Å². The van der Waals surface area contributed by atoms with Crippen molar-refractivity contribution in [2.45, 2.75) is 32.5 Å². The molecular formula is C11H13F3O2. The number of carbonyl (C=O) groups excluding carboxylic acids is 1. The molecule has 2 saturated carbocycles. The van der Waals surface area contributed by atoms with Gasteiger partial charge in [-0.05, 0) is 25.2 Å². The van der Waals surface area contributed by atoms with Crippen LogP contribution in [0.4, 0.5) is 13.2 Å². The van der Waals surface area contributed by atoms with Gasteiger partial charge in [-0.2, -0.15) is 13.2 Å². The van der Waals surface area contributed by atoms with Crippen LogP contribution in [-0.2, 0) is 9.53 Å². The molecule has 0 aromatic heterocycles. The molecule has 0 amide bonds. The molecule has 0 aromatic carbocycles. The predicted molar refractivity (Wildman–Crippen MR) is 48.3 cm³/mol. The molecule has 0 N–H and O–H groups in total. The predicted octanol–water partition coefficient (Wildman–Crippen LogP) is 2.38. The molecule has 3 aliphatic rings. The maximum absolute atomic E-state index is 13.1. The summed E-state index contributed by atoms with van der Waals surface area (Å²) in [4.78, 5) is 11.7. The van der Waals surface area contributed by atoms with Crippen LogP contribution in [-0.4, -0.2) is 18.2 Å². The Morgan fingerprint density at radius 3 is 2.62 bits per heavy atom. The fraction of sp³-hybridized carbons (Fsp3) is 0.909. The number of ether oxygens (including phenoxy) is 1. The third-order valence-electron chi connectivity index (χ3n) is 5.00. The first-order valence-corrected chi connectivity index (χ1v) is 5.55. The van der Waals surface area contributed by atoms with Gasteiger partial charge in [-0.15, -0.1) is 0 Å². The van der Waals surface area contributed by atoms with Crippen LogP contribution in [0.2, 0.25) is 0 Å². The summed E-state index contributed by atoms with van der Waals surface area (Å²) >= 11 is 0. The first-order valence-electron chi connectivity index (χ1n) is 5.55. The van der Waals surface area contributed by atoms with Crippen LogP contribution in [0, 0.1) is 29.1 Å². The summed E-state index contributed by atoms with van der Waals surface area (Å²) in [5.74, 6) is -2.97. The van der Waals surface area contributed by atoms with Crippen LogP contribution < -0.4 is 0 Å². The largest absolute Gasteiger partial charge is 0.461 e. The molecule has 16 heavy (non-hydrogen) atoms. The number of esters is 1. The molecule has 6 atom stereocenters. The van der Waals surface area contributed by atoms with Crippen molar-refractivity contribution in [2.75, 3.05) is 0 Å². The minimum Gasteiger partial charge on any atom is -0.461 e. The van der Waals surface area contributed by atoms with Crippen LogP contribution in [0.1, 0.15) is 20.3 Å². The average molecular weight is 234 g/mol. The molecule has 2 aliphatic carbocycles. The van der Waals surface area contributed by atoms with Gasteiger partial charge in [0.05, 0.1) is 11.3 Å². The highest BCUT2D eigenvalue weighted by Crippen LogP contribution is 2.69. The molecular weight excluding hydrogens is 221 g/mol. The van der Waals surface area contributed by atoms with E-state index in [0.717, 1.165) is 0 Å². The van der Waals surface area contributed by atoms with Crippen LogP contribution >= 0.6 is 0 Å². The van der Waals surface area contributed by atoms with Crippen molar-refractivity contribution in [3.8, 4) is 0 Å². The number of hydrogen-bond donors (Lipinski definition) is 0. The second kappa shape index (κ2) is 2.57. The van der Waals surface area contributed by atoms with Gasteiger partial charge in [0.2, 0.25) is 0 Å². The van der Waals surface area contributed by atoms with Crippen LogP contribution in [0.3, 0.4) is 0 Å². The van der Waals surface area contributed by atoms with E-state index in [1.165, 1.54) is 6.92 Å². The normalized spacial score (nSPS) is 54.6. The highest BCUT2D eigenvalue weighted by atomic mass is 19.4. The zero-order valence-electron chi connectivity index (χ0n) is 9.04. The van der Waals surface area contributed by atoms with Crippen molar-refractivity contribution >= 4 is 5.97 Å². The van der Waals surface area contributed by atoms with E-state index in [-0.39, 0.29) is 17.9 Å².